The second-order valence-corrected chi connectivity index (χ2v) is 6.38. The van der Waals surface area contributed by atoms with Gasteiger partial charge in [0.05, 0.1) is 4.92 Å². The average Bonchev–Trinajstić information content (AvgIpc) is 2.41. The highest BCUT2D eigenvalue weighted by atomic mass is 79.9. The van der Waals surface area contributed by atoms with E-state index < -0.39 is 0 Å². The van der Waals surface area contributed by atoms with Crippen LogP contribution in [0.3, 0.4) is 0 Å². The van der Waals surface area contributed by atoms with E-state index in [4.69, 9.17) is 0 Å². The van der Waals surface area contributed by atoms with Crippen LogP contribution in [-0.4, -0.2) is 47.9 Å². The molecule has 0 bridgehead atoms. The summed E-state index contributed by atoms with van der Waals surface area (Å²) in [6, 6.07) is 5.54. The molecule has 5 nitrogen and oxygen atoms in total. The Morgan fingerprint density at radius 2 is 2.25 bits per heavy atom. The summed E-state index contributed by atoms with van der Waals surface area (Å²) in [6.45, 7) is 2.83. The lowest BCUT2D eigenvalue weighted by molar-refractivity contribution is -0.384. The van der Waals surface area contributed by atoms with E-state index in [1.165, 1.54) is 18.9 Å². The molecule has 1 fully saturated rings. The molecule has 1 heterocycles. The molecule has 0 amide bonds. The summed E-state index contributed by atoms with van der Waals surface area (Å²) in [5.41, 5.74) is 1.14. The number of hydrogen-bond acceptors (Lipinski definition) is 4. The van der Waals surface area contributed by atoms with E-state index in [1.807, 2.05) is 0 Å². The zero-order chi connectivity index (χ0) is 14.7. The van der Waals surface area contributed by atoms with Gasteiger partial charge in [-0.05, 0) is 45.1 Å². The summed E-state index contributed by atoms with van der Waals surface area (Å²) in [5, 5.41) is 10.9. The molecule has 6 heteroatoms. The highest BCUT2D eigenvalue weighted by Crippen LogP contribution is 2.25. The van der Waals surface area contributed by atoms with Crippen molar-refractivity contribution >= 4 is 21.6 Å². The predicted octanol–water partition coefficient (Wildman–Crippen LogP) is 2.88. The van der Waals surface area contributed by atoms with Crippen molar-refractivity contribution in [3.05, 3.63) is 38.3 Å². The van der Waals surface area contributed by atoms with E-state index in [2.05, 4.69) is 39.8 Å². The SMILES string of the molecule is CN(C)C1CCCN(Cc2cc([N+](=O)[O-])ccc2Br)C1. The number of likely N-dealkylation sites (N-methyl/N-ethyl adjacent to an activating group) is 1. The quantitative estimate of drug-likeness (QED) is 0.624. The average molecular weight is 342 g/mol. The van der Waals surface area contributed by atoms with Crippen LogP contribution in [0.2, 0.25) is 0 Å². The number of piperidine rings is 1. The number of likely N-dealkylation sites (tertiary alicyclic amines) is 1. The Morgan fingerprint density at radius 3 is 2.90 bits per heavy atom. The van der Waals surface area contributed by atoms with Crippen molar-refractivity contribution < 1.29 is 4.92 Å². The molecule has 1 atom stereocenters. The second-order valence-electron chi connectivity index (χ2n) is 5.53. The van der Waals surface area contributed by atoms with E-state index in [0.29, 0.717) is 6.04 Å². The molecule has 1 aromatic carbocycles. The van der Waals surface area contributed by atoms with Crippen molar-refractivity contribution in [3.8, 4) is 0 Å². The van der Waals surface area contributed by atoms with E-state index in [-0.39, 0.29) is 10.6 Å². The Hall–Kier alpha value is -0.980. The largest absolute Gasteiger partial charge is 0.305 e. The summed E-state index contributed by atoms with van der Waals surface area (Å²) in [6.07, 6.45) is 2.40. The van der Waals surface area contributed by atoms with Crippen LogP contribution in [0.15, 0.2) is 22.7 Å². The van der Waals surface area contributed by atoms with Crippen LogP contribution < -0.4 is 0 Å². The molecule has 1 unspecified atom stereocenters. The topological polar surface area (TPSA) is 49.6 Å². The number of nitro groups is 1. The Morgan fingerprint density at radius 1 is 1.50 bits per heavy atom. The molecule has 2 rings (SSSR count). The first-order valence-corrected chi connectivity index (χ1v) is 7.58. The lowest BCUT2D eigenvalue weighted by Crippen LogP contribution is -2.44. The molecule has 20 heavy (non-hydrogen) atoms. The molecule has 0 spiro atoms. The number of non-ortho nitro benzene ring substituents is 1. The van der Waals surface area contributed by atoms with Crippen LogP contribution in [-0.2, 0) is 6.54 Å². The Bertz CT molecular complexity index is 493. The number of benzene rings is 1. The minimum atomic E-state index is -0.339. The smallest absolute Gasteiger partial charge is 0.269 e. The maximum atomic E-state index is 10.9. The highest BCUT2D eigenvalue weighted by molar-refractivity contribution is 9.10. The summed E-state index contributed by atoms with van der Waals surface area (Å²) in [5.74, 6) is 0. The molecule has 1 aromatic rings. The standard InChI is InChI=1S/C14H20BrN3O2/c1-16(2)13-4-3-7-17(10-13)9-11-8-12(18(19)20)5-6-14(11)15/h5-6,8,13H,3-4,7,9-10H2,1-2H3. The van der Waals surface area contributed by atoms with Crippen LogP contribution in [0.25, 0.3) is 0 Å². The number of nitro benzene ring substituents is 1. The van der Waals surface area contributed by atoms with E-state index in [0.717, 1.165) is 29.7 Å². The summed E-state index contributed by atoms with van der Waals surface area (Å²) in [4.78, 5) is 15.2. The third-order valence-corrected chi connectivity index (χ3v) is 4.62. The van der Waals surface area contributed by atoms with E-state index in [1.54, 1.807) is 12.1 Å². The van der Waals surface area contributed by atoms with Crippen LogP contribution in [0.5, 0.6) is 0 Å². The van der Waals surface area contributed by atoms with Crippen molar-refractivity contribution in [1.29, 1.82) is 0 Å². The molecule has 1 aliphatic rings. The minimum absolute atomic E-state index is 0.157. The van der Waals surface area contributed by atoms with Crippen molar-refractivity contribution in [2.45, 2.75) is 25.4 Å². The van der Waals surface area contributed by atoms with Gasteiger partial charge in [-0.2, -0.15) is 0 Å². The van der Waals surface area contributed by atoms with Gasteiger partial charge in [0.1, 0.15) is 0 Å². The molecule has 0 saturated carbocycles. The van der Waals surface area contributed by atoms with Gasteiger partial charge < -0.3 is 4.90 Å². The molecule has 0 radical (unpaired) electrons. The van der Waals surface area contributed by atoms with E-state index in [9.17, 15) is 10.1 Å². The Labute approximate surface area is 127 Å². The fourth-order valence-corrected chi connectivity index (χ4v) is 3.01. The number of rotatable bonds is 4. The van der Waals surface area contributed by atoms with Gasteiger partial charge in [0.2, 0.25) is 0 Å². The van der Waals surface area contributed by atoms with Gasteiger partial charge in [-0.25, -0.2) is 0 Å². The minimum Gasteiger partial charge on any atom is -0.305 e. The molecule has 1 aliphatic heterocycles. The lowest BCUT2D eigenvalue weighted by atomic mass is 10.0. The van der Waals surface area contributed by atoms with Crippen molar-refractivity contribution in [2.75, 3.05) is 27.2 Å². The zero-order valence-electron chi connectivity index (χ0n) is 11.9. The molecule has 1 saturated heterocycles. The van der Waals surface area contributed by atoms with Crippen LogP contribution >= 0.6 is 15.9 Å². The van der Waals surface area contributed by atoms with Gasteiger partial charge in [-0.1, -0.05) is 15.9 Å². The fraction of sp³-hybridized carbons (Fsp3) is 0.571. The summed E-state index contributed by atoms with van der Waals surface area (Å²) < 4.78 is 0.940. The molecule has 0 aliphatic carbocycles. The lowest BCUT2D eigenvalue weighted by Gasteiger charge is -2.36. The second kappa shape index (κ2) is 6.65. The molecular weight excluding hydrogens is 322 g/mol. The third-order valence-electron chi connectivity index (χ3n) is 3.85. The predicted molar refractivity (Wildman–Crippen MR) is 82.8 cm³/mol. The van der Waals surface area contributed by atoms with Gasteiger partial charge >= 0.3 is 0 Å². The first-order chi connectivity index (χ1) is 9.47. The maximum Gasteiger partial charge on any atom is 0.269 e. The van der Waals surface area contributed by atoms with Gasteiger partial charge in [-0.15, -0.1) is 0 Å². The summed E-state index contributed by atoms with van der Waals surface area (Å²) in [7, 11) is 4.22. The molecule has 0 N–H and O–H groups in total. The zero-order valence-corrected chi connectivity index (χ0v) is 13.5. The van der Waals surface area contributed by atoms with Gasteiger partial charge in [0.15, 0.2) is 0 Å². The maximum absolute atomic E-state index is 10.9. The number of halogens is 1. The first-order valence-electron chi connectivity index (χ1n) is 6.79. The van der Waals surface area contributed by atoms with Crippen LogP contribution in [0.4, 0.5) is 5.69 Å². The van der Waals surface area contributed by atoms with Crippen LogP contribution in [0, 0.1) is 10.1 Å². The normalized spacial score (nSPS) is 20.3. The number of nitrogens with zero attached hydrogens (tertiary/aromatic N) is 3. The van der Waals surface area contributed by atoms with Crippen molar-refractivity contribution in [2.24, 2.45) is 0 Å². The van der Waals surface area contributed by atoms with Crippen molar-refractivity contribution in [3.63, 3.8) is 0 Å². The fourth-order valence-electron chi connectivity index (χ4n) is 2.63. The van der Waals surface area contributed by atoms with Crippen molar-refractivity contribution in [1.82, 2.24) is 9.80 Å². The first kappa shape index (κ1) is 15.4. The molecular formula is C14H20BrN3O2. The Balaban J connectivity index is 2.09. The van der Waals surface area contributed by atoms with Gasteiger partial charge in [0, 0.05) is 35.7 Å². The number of hydrogen-bond donors (Lipinski definition) is 0. The van der Waals surface area contributed by atoms with Crippen LogP contribution in [0.1, 0.15) is 18.4 Å². The van der Waals surface area contributed by atoms with Gasteiger partial charge in [-0.3, -0.25) is 15.0 Å². The highest BCUT2D eigenvalue weighted by Gasteiger charge is 2.22. The molecule has 0 aromatic heterocycles. The van der Waals surface area contributed by atoms with Gasteiger partial charge in [0.25, 0.3) is 5.69 Å². The van der Waals surface area contributed by atoms with E-state index >= 15 is 0 Å². The molecule has 110 valence electrons. The Kier molecular flexibility index (Phi) is 5.12. The summed E-state index contributed by atoms with van der Waals surface area (Å²) >= 11 is 3.49. The monoisotopic (exact) mass is 341 g/mol. The third kappa shape index (κ3) is 3.77.